The minimum Gasteiger partial charge on any atom is -0.493 e. The molecule has 0 atom stereocenters. The van der Waals surface area contributed by atoms with E-state index in [9.17, 15) is 4.79 Å². The van der Waals surface area contributed by atoms with Crippen LogP contribution in [0.5, 0.6) is 5.75 Å². The molecule has 0 unspecified atom stereocenters. The highest BCUT2D eigenvalue weighted by atomic mass is 35.5. The predicted molar refractivity (Wildman–Crippen MR) is 80.1 cm³/mol. The molecule has 0 aliphatic carbocycles. The number of nitrogens with one attached hydrogen (secondary N) is 1. The van der Waals surface area contributed by atoms with Crippen LogP contribution in [0.4, 0.5) is 0 Å². The van der Waals surface area contributed by atoms with Gasteiger partial charge in [-0.15, -0.1) is 0 Å². The van der Waals surface area contributed by atoms with Gasteiger partial charge in [0, 0.05) is 18.2 Å². The van der Waals surface area contributed by atoms with Crippen molar-refractivity contribution in [2.75, 3.05) is 19.8 Å². The van der Waals surface area contributed by atoms with Crippen molar-refractivity contribution in [1.29, 1.82) is 0 Å². The third-order valence-corrected chi connectivity index (χ3v) is 3.04. The smallest absolute Gasteiger partial charge is 0.223 e. The quantitative estimate of drug-likeness (QED) is 0.653. The average Bonchev–Trinajstić information content (AvgIpc) is 2.43. The molecular formula is C15H22ClNO3. The van der Waals surface area contributed by atoms with Crippen LogP contribution in [0.3, 0.4) is 0 Å². The van der Waals surface area contributed by atoms with E-state index < -0.39 is 0 Å². The summed E-state index contributed by atoms with van der Waals surface area (Å²) in [6.07, 6.45) is 4.15. The molecule has 0 fully saturated rings. The maximum absolute atomic E-state index is 11.5. The molecule has 1 amide bonds. The molecule has 2 N–H and O–H groups in total. The average molecular weight is 300 g/mol. The molecule has 0 spiro atoms. The summed E-state index contributed by atoms with van der Waals surface area (Å²) in [4.78, 5) is 11.5. The largest absolute Gasteiger partial charge is 0.493 e. The van der Waals surface area contributed by atoms with Gasteiger partial charge in [-0.1, -0.05) is 30.5 Å². The van der Waals surface area contributed by atoms with E-state index in [2.05, 4.69) is 5.32 Å². The first-order valence-electron chi connectivity index (χ1n) is 6.98. The Hall–Kier alpha value is -1.26. The lowest BCUT2D eigenvalue weighted by atomic mass is 10.2. The molecular weight excluding hydrogens is 278 g/mol. The first kappa shape index (κ1) is 16.8. The lowest BCUT2D eigenvalue weighted by molar-refractivity contribution is -0.121. The van der Waals surface area contributed by atoms with Crippen LogP contribution in [-0.4, -0.2) is 30.8 Å². The Morgan fingerprint density at radius 2 is 2.05 bits per heavy atom. The molecule has 1 rings (SSSR count). The first-order chi connectivity index (χ1) is 9.72. The molecule has 0 bridgehead atoms. The topological polar surface area (TPSA) is 58.6 Å². The number of aliphatic hydroxyl groups excluding tert-OH is 1. The van der Waals surface area contributed by atoms with Crippen LogP contribution < -0.4 is 10.1 Å². The summed E-state index contributed by atoms with van der Waals surface area (Å²) >= 11 is 5.83. The first-order valence-corrected chi connectivity index (χ1v) is 7.36. The van der Waals surface area contributed by atoms with Crippen LogP contribution in [0.2, 0.25) is 5.02 Å². The minimum atomic E-state index is -0.00538. The Kier molecular flexibility index (Phi) is 8.83. The molecule has 1 aromatic rings. The molecule has 5 heteroatoms. The standard InChI is InChI=1S/C15H22ClNO3/c16-13-6-5-7-14(12-13)20-11-8-15(19)17-9-3-1-2-4-10-18/h5-7,12,18H,1-4,8-11H2,(H,17,19). The third-order valence-electron chi connectivity index (χ3n) is 2.80. The highest BCUT2D eigenvalue weighted by Gasteiger charge is 2.01. The number of ether oxygens (including phenoxy) is 1. The number of rotatable bonds is 10. The van der Waals surface area contributed by atoms with Crippen LogP contribution in [0.15, 0.2) is 24.3 Å². The van der Waals surface area contributed by atoms with Crippen molar-refractivity contribution in [2.45, 2.75) is 32.1 Å². The van der Waals surface area contributed by atoms with Crippen LogP contribution in [0.1, 0.15) is 32.1 Å². The van der Waals surface area contributed by atoms with E-state index in [0.717, 1.165) is 25.7 Å². The lowest BCUT2D eigenvalue weighted by Gasteiger charge is -2.07. The second-order valence-corrected chi connectivity index (χ2v) is 4.98. The normalized spacial score (nSPS) is 10.3. The monoisotopic (exact) mass is 299 g/mol. The van der Waals surface area contributed by atoms with Crippen LogP contribution in [0, 0.1) is 0 Å². The van der Waals surface area contributed by atoms with Crippen molar-refractivity contribution in [1.82, 2.24) is 5.32 Å². The van der Waals surface area contributed by atoms with Gasteiger partial charge in [-0.2, -0.15) is 0 Å². The van der Waals surface area contributed by atoms with E-state index in [0.29, 0.717) is 30.3 Å². The molecule has 4 nitrogen and oxygen atoms in total. The summed E-state index contributed by atoms with van der Waals surface area (Å²) in [5.41, 5.74) is 0. The van der Waals surface area contributed by atoms with Gasteiger partial charge in [-0.3, -0.25) is 4.79 Å². The number of hydrogen-bond donors (Lipinski definition) is 2. The number of hydrogen-bond acceptors (Lipinski definition) is 3. The molecule has 0 aromatic heterocycles. The van der Waals surface area contributed by atoms with Crippen molar-refractivity contribution >= 4 is 17.5 Å². The molecule has 0 aliphatic heterocycles. The molecule has 0 aliphatic rings. The molecule has 1 aromatic carbocycles. The third kappa shape index (κ3) is 8.02. The van der Waals surface area contributed by atoms with Crippen LogP contribution in [0.25, 0.3) is 0 Å². The van der Waals surface area contributed by atoms with E-state index in [1.54, 1.807) is 12.1 Å². The van der Waals surface area contributed by atoms with Gasteiger partial charge < -0.3 is 15.2 Å². The highest BCUT2D eigenvalue weighted by molar-refractivity contribution is 6.30. The van der Waals surface area contributed by atoms with Crippen LogP contribution in [-0.2, 0) is 4.79 Å². The van der Waals surface area contributed by atoms with Crippen molar-refractivity contribution in [3.63, 3.8) is 0 Å². The molecule has 0 radical (unpaired) electrons. The number of benzene rings is 1. The van der Waals surface area contributed by atoms with Gasteiger partial charge in [-0.25, -0.2) is 0 Å². The zero-order chi connectivity index (χ0) is 14.6. The van der Waals surface area contributed by atoms with Gasteiger partial charge in [-0.05, 0) is 31.0 Å². The molecule has 112 valence electrons. The Morgan fingerprint density at radius 1 is 1.25 bits per heavy atom. The molecule has 0 heterocycles. The van der Waals surface area contributed by atoms with Crippen molar-refractivity contribution < 1.29 is 14.6 Å². The summed E-state index contributed by atoms with van der Waals surface area (Å²) in [5.74, 6) is 0.670. The van der Waals surface area contributed by atoms with Gasteiger partial charge in [0.1, 0.15) is 5.75 Å². The predicted octanol–water partition coefficient (Wildman–Crippen LogP) is 2.78. The minimum absolute atomic E-state index is 0.00538. The Balaban J connectivity index is 2.03. The van der Waals surface area contributed by atoms with Gasteiger partial charge in [0.05, 0.1) is 13.0 Å². The fraction of sp³-hybridized carbons (Fsp3) is 0.533. The number of aliphatic hydroxyl groups is 1. The van der Waals surface area contributed by atoms with Gasteiger partial charge in [0.25, 0.3) is 0 Å². The van der Waals surface area contributed by atoms with Crippen molar-refractivity contribution in [2.24, 2.45) is 0 Å². The second kappa shape index (κ2) is 10.5. The Bertz CT molecular complexity index is 398. The second-order valence-electron chi connectivity index (χ2n) is 4.54. The van der Waals surface area contributed by atoms with E-state index >= 15 is 0 Å². The van der Waals surface area contributed by atoms with Gasteiger partial charge in [0.15, 0.2) is 0 Å². The summed E-state index contributed by atoms with van der Waals surface area (Å²) in [5, 5.41) is 12.1. The van der Waals surface area contributed by atoms with Crippen LogP contribution >= 0.6 is 11.6 Å². The number of carbonyl (C=O) groups is 1. The van der Waals surface area contributed by atoms with Gasteiger partial charge in [0.2, 0.25) is 5.91 Å². The van der Waals surface area contributed by atoms with Gasteiger partial charge >= 0.3 is 0 Å². The highest BCUT2D eigenvalue weighted by Crippen LogP contribution is 2.17. The molecule has 0 saturated carbocycles. The number of carbonyl (C=O) groups excluding carboxylic acids is 1. The van der Waals surface area contributed by atoms with E-state index in [1.165, 1.54) is 0 Å². The summed E-state index contributed by atoms with van der Waals surface area (Å²) in [6.45, 7) is 1.27. The lowest BCUT2D eigenvalue weighted by Crippen LogP contribution is -2.25. The summed E-state index contributed by atoms with van der Waals surface area (Å²) in [7, 11) is 0. The molecule has 0 saturated heterocycles. The zero-order valence-electron chi connectivity index (χ0n) is 11.6. The fourth-order valence-corrected chi connectivity index (χ4v) is 1.91. The zero-order valence-corrected chi connectivity index (χ0v) is 12.4. The maximum Gasteiger partial charge on any atom is 0.223 e. The Morgan fingerprint density at radius 3 is 2.80 bits per heavy atom. The SMILES string of the molecule is O=C(CCOc1cccc(Cl)c1)NCCCCCCO. The van der Waals surface area contributed by atoms with Crippen molar-refractivity contribution in [3.05, 3.63) is 29.3 Å². The van der Waals surface area contributed by atoms with Crippen molar-refractivity contribution in [3.8, 4) is 5.75 Å². The number of halogens is 1. The van der Waals surface area contributed by atoms with E-state index in [-0.39, 0.29) is 12.5 Å². The summed E-state index contributed by atoms with van der Waals surface area (Å²) < 4.78 is 5.44. The summed E-state index contributed by atoms with van der Waals surface area (Å²) in [6, 6.07) is 7.12. The Labute approximate surface area is 125 Å². The van der Waals surface area contributed by atoms with E-state index in [1.807, 2.05) is 12.1 Å². The number of unbranched alkanes of at least 4 members (excludes halogenated alkanes) is 3. The maximum atomic E-state index is 11.5. The number of amides is 1. The molecule has 20 heavy (non-hydrogen) atoms. The fourth-order valence-electron chi connectivity index (χ4n) is 1.72. The van der Waals surface area contributed by atoms with E-state index in [4.69, 9.17) is 21.4 Å².